The minimum atomic E-state index is -0.788. The van der Waals surface area contributed by atoms with E-state index < -0.39 is 11.9 Å². The average molecular weight is 344 g/mol. The zero-order valence-corrected chi connectivity index (χ0v) is 14.1. The Hall–Kier alpha value is -0.840. The number of rotatable bonds is 11. The van der Waals surface area contributed by atoms with Crippen LogP contribution in [0.5, 0.6) is 5.75 Å². The fraction of sp³-hybridized carbons (Fsp3) is 0.579. The van der Waals surface area contributed by atoms with Gasteiger partial charge in [0.2, 0.25) is 0 Å². The molecule has 0 heterocycles. The fourth-order valence-corrected chi connectivity index (χ4v) is 2.44. The summed E-state index contributed by atoms with van der Waals surface area (Å²) in [5.41, 5.74) is 0.0212. The van der Waals surface area contributed by atoms with Crippen molar-refractivity contribution in [3.8, 4) is 5.75 Å². The van der Waals surface area contributed by atoms with Crippen molar-refractivity contribution in [1.82, 2.24) is 0 Å². The molecule has 0 radical (unpaired) electrons. The molecule has 0 saturated heterocycles. The molecule has 24 heavy (non-hydrogen) atoms. The number of hydrogen-bond acceptors (Lipinski definition) is 4. The summed E-state index contributed by atoms with van der Waals surface area (Å²) in [5, 5.41) is 9.53. The Morgan fingerprint density at radius 2 is 1.46 bits per heavy atom. The quantitative estimate of drug-likeness (QED) is 0.281. The molecule has 0 bridgehead atoms. The number of hydrogen-bond donors (Lipinski definition) is 1. The number of carbonyl (C=O) groups excluding carboxylic acids is 2. The van der Waals surface area contributed by atoms with E-state index in [9.17, 15) is 14.7 Å². The van der Waals surface area contributed by atoms with Crippen LogP contribution in [0.25, 0.3) is 0 Å². The molecule has 1 aromatic rings. The maximum absolute atomic E-state index is 11.7. The number of unbranched alkanes of at least 4 members (excludes halogenated alkanes) is 8. The van der Waals surface area contributed by atoms with Crippen molar-refractivity contribution in [2.45, 2.75) is 71.1 Å². The van der Waals surface area contributed by atoms with E-state index in [-0.39, 0.29) is 47.3 Å². The normalized spacial score (nSPS) is 10.0. The SMILES string of the molecule is CCCCCCCCCCCC(=O)OC(=O)c1ccccc1O.[NaH]. The molecule has 130 valence electrons. The monoisotopic (exact) mass is 344 g/mol. The Labute approximate surface area is 167 Å². The molecule has 4 nitrogen and oxygen atoms in total. The Morgan fingerprint density at radius 1 is 0.917 bits per heavy atom. The van der Waals surface area contributed by atoms with Crippen molar-refractivity contribution < 1.29 is 19.4 Å². The number of aromatic hydroxyl groups is 1. The first kappa shape index (κ1) is 23.2. The molecule has 1 aromatic carbocycles. The van der Waals surface area contributed by atoms with E-state index in [1.807, 2.05) is 0 Å². The van der Waals surface area contributed by atoms with Crippen LogP contribution >= 0.6 is 0 Å². The second kappa shape index (κ2) is 14.5. The minimum absolute atomic E-state index is 0. The summed E-state index contributed by atoms with van der Waals surface area (Å²) in [7, 11) is 0. The van der Waals surface area contributed by atoms with Gasteiger partial charge in [-0.1, -0.05) is 70.4 Å². The van der Waals surface area contributed by atoms with Crippen molar-refractivity contribution in [2.75, 3.05) is 0 Å². The van der Waals surface area contributed by atoms with Crippen molar-refractivity contribution >= 4 is 41.5 Å². The van der Waals surface area contributed by atoms with E-state index >= 15 is 0 Å². The van der Waals surface area contributed by atoms with Crippen molar-refractivity contribution in [2.24, 2.45) is 0 Å². The molecule has 0 saturated carbocycles. The molecule has 0 aromatic heterocycles. The molecule has 0 aliphatic carbocycles. The zero-order valence-electron chi connectivity index (χ0n) is 14.1. The fourth-order valence-electron chi connectivity index (χ4n) is 2.44. The van der Waals surface area contributed by atoms with Gasteiger partial charge in [0.1, 0.15) is 11.3 Å². The Bertz CT molecular complexity index is 488. The number of phenolic OH excluding ortho intramolecular Hbond substituents is 1. The number of carbonyl (C=O) groups is 2. The summed E-state index contributed by atoms with van der Waals surface area (Å²) in [4.78, 5) is 23.4. The summed E-state index contributed by atoms with van der Waals surface area (Å²) < 4.78 is 4.75. The second-order valence-electron chi connectivity index (χ2n) is 5.86. The van der Waals surface area contributed by atoms with Gasteiger partial charge < -0.3 is 9.84 Å². The first-order valence-electron chi connectivity index (χ1n) is 8.68. The number of ether oxygens (including phenoxy) is 1. The number of benzene rings is 1. The van der Waals surface area contributed by atoms with Gasteiger partial charge in [-0.05, 0) is 18.6 Å². The Morgan fingerprint density at radius 3 is 2.04 bits per heavy atom. The van der Waals surface area contributed by atoms with E-state index in [0.29, 0.717) is 0 Å². The van der Waals surface area contributed by atoms with Crippen molar-refractivity contribution in [3.63, 3.8) is 0 Å². The van der Waals surface area contributed by atoms with E-state index in [1.165, 1.54) is 50.7 Å². The van der Waals surface area contributed by atoms with E-state index in [4.69, 9.17) is 4.74 Å². The molecule has 0 aliphatic heterocycles. The second-order valence-corrected chi connectivity index (χ2v) is 5.86. The van der Waals surface area contributed by atoms with Crippen LogP contribution in [-0.2, 0) is 9.53 Å². The summed E-state index contributed by atoms with van der Waals surface area (Å²) in [6, 6.07) is 6.04. The molecule has 5 heteroatoms. The number of esters is 2. The third-order valence-electron chi connectivity index (χ3n) is 3.81. The number of para-hydroxylation sites is 1. The molecule has 1 N–H and O–H groups in total. The summed E-state index contributed by atoms with van der Waals surface area (Å²) >= 11 is 0. The first-order chi connectivity index (χ1) is 11.1. The molecule has 1 rings (SSSR count). The van der Waals surface area contributed by atoms with Gasteiger partial charge >= 0.3 is 41.5 Å². The molecule has 0 aliphatic rings. The summed E-state index contributed by atoms with van der Waals surface area (Å²) in [6.07, 6.45) is 10.7. The van der Waals surface area contributed by atoms with Gasteiger partial charge in [0.15, 0.2) is 0 Å². The van der Waals surface area contributed by atoms with Gasteiger partial charge in [0.05, 0.1) is 0 Å². The average Bonchev–Trinajstić information content (AvgIpc) is 2.53. The van der Waals surface area contributed by atoms with Crippen LogP contribution in [0, 0.1) is 0 Å². The van der Waals surface area contributed by atoms with Gasteiger partial charge in [0.25, 0.3) is 0 Å². The number of phenols is 1. The van der Waals surface area contributed by atoms with Gasteiger partial charge in [-0.3, -0.25) is 4.79 Å². The Balaban J connectivity index is 0.00000529. The molecular weight excluding hydrogens is 315 g/mol. The van der Waals surface area contributed by atoms with Crippen LogP contribution in [0.3, 0.4) is 0 Å². The van der Waals surface area contributed by atoms with Gasteiger partial charge in [0, 0.05) is 6.42 Å². The topological polar surface area (TPSA) is 63.6 Å². The van der Waals surface area contributed by atoms with Crippen LogP contribution in [-0.4, -0.2) is 46.6 Å². The van der Waals surface area contributed by atoms with Crippen LogP contribution in [0.2, 0.25) is 0 Å². The standard InChI is InChI=1S/C19H28O4.Na.H/c1-2-3-4-5-6-7-8-9-10-15-18(21)23-19(22)16-13-11-12-14-17(16)20;;/h11-14,20H,2-10,15H2,1H3;;. The van der Waals surface area contributed by atoms with Crippen LogP contribution in [0.4, 0.5) is 0 Å². The van der Waals surface area contributed by atoms with E-state index in [1.54, 1.807) is 12.1 Å². The van der Waals surface area contributed by atoms with Crippen LogP contribution in [0.15, 0.2) is 24.3 Å². The summed E-state index contributed by atoms with van der Waals surface area (Å²) in [5.74, 6) is -1.49. The van der Waals surface area contributed by atoms with E-state index in [0.717, 1.165) is 19.3 Å². The van der Waals surface area contributed by atoms with Crippen molar-refractivity contribution in [3.05, 3.63) is 29.8 Å². The van der Waals surface area contributed by atoms with Gasteiger partial charge in [-0.15, -0.1) is 0 Å². The van der Waals surface area contributed by atoms with Crippen LogP contribution < -0.4 is 0 Å². The van der Waals surface area contributed by atoms with Crippen LogP contribution in [0.1, 0.15) is 81.5 Å². The molecular formula is C19H29NaO4. The predicted molar refractivity (Wildman–Crippen MR) is 97.5 cm³/mol. The molecule has 0 spiro atoms. The first-order valence-corrected chi connectivity index (χ1v) is 8.68. The zero-order chi connectivity index (χ0) is 16.9. The third-order valence-corrected chi connectivity index (χ3v) is 3.81. The summed E-state index contributed by atoms with van der Waals surface area (Å²) in [6.45, 7) is 2.21. The van der Waals surface area contributed by atoms with Crippen molar-refractivity contribution in [1.29, 1.82) is 0 Å². The van der Waals surface area contributed by atoms with Gasteiger partial charge in [-0.25, -0.2) is 4.79 Å². The molecule has 0 amide bonds. The maximum atomic E-state index is 11.7. The molecule has 0 unspecified atom stereocenters. The molecule has 0 atom stereocenters. The molecule has 0 fully saturated rings. The van der Waals surface area contributed by atoms with E-state index in [2.05, 4.69) is 6.92 Å². The van der Waals surface area contributed by atoms with Gasteiger partial charge in [-0.2, -0.15) is 0 Å². The third kappa shape index (κ3) is 10.1. The predicted octanol–water partition coefficient (Wildman–Crippen LogP) is 4.35. The Kier molecular flexibility index (Phi) is 14.0.